The van der Waals surface area contributed by atoms with Crippen molar-refractivity contribution in [2.75, 3.05) is 6.61 Å². The second-order valence-electron chi connectivity index (χ2n) is 8.53. The number of esters is 1. The molecule has 1 heterocycles. The molecule has 0 saturated heterocycles. The van der Waals surface area contributed by atoms with Gasteiger partial charge in [-0.15, -0.1) is 0 Å². The Bertz CT molecular complexity index is 1320. The van der Waals surface area contributed by atoms with Gasteiger partial charge in [-0.05, 0) is 44.0 Å². The number of aryl methyl sites for hydroxylation is 2. The van der Waals surface area contributed by atoms with E-state index in [1.807, 2.05) is 31.2 Å². The van der Waals surface area contributed by atoms with Gasteiger partial charge in [0.2, 0.25) is 5.69 Å². The Morgan fingerprint density at radius 1 is 0.757 bits per heavy atom. The smallest absolute Gasteiger partial charge is 0.458 e. The molecule has 4 aromatic rings. The van der Waals surface area contributed by atoms with Crippen LogP contribution in [0.1, 0.15) is 34.1 Å². The van der Waals surface area contributed by atoms with Crippen LogP contribution in [0.5, 0.6) is 0 Å². The lowest BCUT2D eigenvalue weighted by molar-refractivity contribution is -0.679. The van der Waals surface area contributed by atoms with E-state index >= 15 is 0 Å². The number of nitrogens with zero attached hydrogens (tertiary/aromatic N) is 1. The van der Waals surface area contributed by atoms with Crippen molar-refractivity contribution in [1.29, 1.82) is 0 Å². The van der Waals surface area contributed by atoms with Crippen molar-refractivity contribution in [2.45, 2.75) is 27.3 Å². The van der Waals surface area contributed by atoms with E-state index in [0.717, 1.165) is 27.9 Å². The molecule has 0 radical (unpaired) electrons. The van der Waals surface area contributed by atoms with Crippen LogP contribution in [0.2, 0.25) is 0 Å². The predicted molar refractivity (Wildman–Crippen MR) is 139 cm³/mol. The molecular formula is C29H28BF4NO2. The van der Waals surface area contributed by atoms with Crippen LogP contribution in [0.15, 0.2) is 91.0 Å². The summed E-state index contributed by atoms with van der Waals surface area (Å²) in [7, 11) is -6.00. The van der Waals surface area contributed by atoms with Gasteiger partial charge in [-0.25, -0.2) is 4.79 Å². The standard InChI is InChI=1S/C29H28NO2.BF4/c1-4-32-29(31)28-19-26(24-8-6-5-7-9-24)18-27(25-16-12-22(3)13-17-25)30(28)20-23-14-10-21(2)11-15-23;2-1(3,4)5/h5-19H,4,20H2,1-3H3;/q+1;-1. The van der Waals surface area contributed by atoms with Gasteiger partial charge in [0.05, 0.1) is 6.61 Å². The van der Waals surface area contributed by atoms with Crippen LogP contribution in [0.4, 0.5) is 17.3 Å². The van der Waals surface area contributed by atoms with Crippen molar-refractivity contribution >= 4 is 13.2 Å². The maximum atomic E-state index is 13.1. The number of carbonyl (C=O) groups excluding carboxylic acids is 1. The van der Waals surface area contributed by atoms with E-state index in [1.165, 1.54) is 11.1 Å². The monoisotopic (exact) mass is 509 g/mol. The minimum Gasteiger partial charge on any atom is -0.458 e. The lowest BCUT2D eigenvalue weighted by atomic mass is 10.00. The molecule has 0 aliphatic heterocycles. The number of hydrogen-bond acceptors (Lipinski definition) is 2. The van der Waals surface area contributed by atoms with Gasteiger partial charge in [0.25, 0.3) is 5.69 Å². The van der Waals surface area contributed by atoms with Gasteiger partial charge in [0.15, 0.2) is 6.54 Å². The van der Waals surface area contributed by atoms with Gasteiger partial charge in [-0.2, -0.15) is 4.57 Å². The third-order valence-electron chi connectivity index (χ3n) is 5.57. The van der Waals surface area contributed by atoms with Crippen LogP contribution in [0.3, 0.4) is 0 Å². The van der Waals surface area contributed by atoms with E-state index in [4.69, 9.17) is 4.74 Å². The van der Waals surface area contributed by atoms with Crippen LogP contribution >= 0.6 is 0 Å². The van der Waals surface area contributed by atoms with Gasteiger partial charge in [0, 0.05) is 23.3 Å². The van der Waals surface area contributed by atoms with Crippen LogP contribution < -0.4 is 4.57 Å². The molecule has 3 nitrogen and oxygen atoms in total. The lowest BCUT2D eigenvalue weighted by Gasteiger charge is -2.12. The summed E-state index contributed by atoms with van der Waals surface area (Å²) in [5, 5.41) is 0. The molecule has 8 heteroatoms. The van der Waals surface area contributed by atoms with Crippen molar-refractivity contribution in [2.24, 2.45) is 0 Å². The summed E-state index contributed by atoms with van der Waals surface area (Å²) in [6.45, 7) is 6.90. The lowest BCUT2D eigenvalue weighted by Crippen LogP contribution is -2.44. The molecule has 1 aromatic heterocycles. The first kappa shape index (κ1) is 27.6. The second kappa shape index (κ2) is 12.3. The molecule has 0 bridgehead atoms. The van der Waals surface area contributed by atoms with E-state index in [1.54, 1.807) is 0 Å². The largest absolute Gasteiger partial charge is 0.673 e. The minimum atomic E-state index is -6.00. The summed E-state index contributed by atoms with van der Waals surface area (Å²) < 4.78 is 46.5. The Kier molecular flexibility index (Phi) is 9.23. The molecule has 192 valence electrons. The highest BCUT2D eigenvalue weighted by atomic mass is 19.5. The highest BCUT2D eigenvalue weighted by molar-refractivity contribution is 6.50. The quantitative estimate of drug-likeness (QED) is 0.117. The van der Waals surface area contributed by atoms with E-state index in [0.29, 0.717) is 18.8 Å². The van der Waals surface area contributed by atoms with E-state index in [9.17, 15) is 22.1 Å². The number of carbonyl (C=O) groups is 1. The SMILES string of the molecule is CCOC(=O)c1cc(-c2ccccc2)cc(-c2ccc(C)cc2)[n+]1Cc1ccc(C)cc1.F[B-](F)(F)F. The molecule has 3 aromatic carbocycles. The summed E-state index contributed by atoms with van der Waals surface area (Å²) in [6, 6.07) is 31.1. The fraction of sp³-hybridized carbons (Fsp3) is 0.172. The number of pyridine rings is 1. The van der Waals surface area contributed by atoms with Crippen molar-refractivity contribution in [3.8, 4) is 22.4 Å². The summed E-state index contributed by atoms with van der Waals surface area (Å²) in [5.41, 5.74) is 8.18. The number of hydrogen-bond donors (Lipinski definition) is 0. The van der Waals surface area contributed by atoms with Gasteiger partial charge in [-0.3, -0.25) is 0 Å². The molecule has 4 rings (SSSR count). The fourth-order valence-electron chi connectivity index (χ4n) is 3.80. The Morgan fingerprint density at radius 2 is 1.30 bits per heavy atom. The van der Waals surface area contributed by atoms with Crippen LogP contribution in [0.25, 0.3) is 22.4 Å². The highest BCUT2D eigenvalue weighted by Gasteiger charge is 2.27. The molecule has 0 saturated carbocycles. The van der Waals surface area contributed by atoms with Gasteiger partial charge >= 0.3 is 13.2 Å². The third kappa shape index (κ3) is 8.31. The maximum Gasteiger partial charge on any atom is 0.673 e. The number of rotatable bonds is 6. The zero-order valence-corrected chi connectivity index (χ0v) is 20.9. The normalized spacial score (nSPS) is 10.9. The zero-order valence-electron chi connectivity index (χ0n) is 20.9. The Hall–Kier alpha value is -3.94. The summed E-state index contributed by atoms with van der Waals surface area (Å²) in [5.74, 6) is -0.314. The fourth-order valence-corrected chi connectivity index (χ4v) is 3.80. The van der Waals surface area contributed by atoms with E-state index in [-0.39, 0.29) is 5.97 Å². The predicted octanol–water partition coefficient (Wildman–Crippen LogP) is 7.45. The van der Waals surface area contributed by atoms with E-state index < -0.39 is 7.25 Å². The molecule has 0 fully saturated rings. The van der Waals surface area contributed by atoms with Crippen molar-refractivity contribution in [1.82, 2.24) is 0 Å². The topological polar surface area (TPSA) is 30.2 Å². The number of benzene rings is 3. The average molecular weight is 509 g/mol. The van der Waals surface area contributed by atoms with Crippen LogP contribution in [-0.4, -0.2) is 19.8 Å². The molecule has 37 heavy (non-hydrogen) atoms. The molecule has 0 spiro atoms. The minimum absolute atomic E-state index is 0.314. The number of halogens is 4. The zero-order chi connectivity index (χ0) is 27.0. The first-order valence-electron chi connectivity index (χ1n) is 11.9. The molecule has 0 aliphatic rings. The summed E-state index contributed by atoms with van der Waals surface area (Å²) in [4.78, 5) is 13.1. The van der Waals surface area contributed by atoms with Crippen molar-refractivity contribution < 1.29 is 31.4 Å². The van der Waals surface area contributed by atoms with Crippen LogP contribution in [-0.2, 0) is 11.3 Å². The van der Waals surface area contributed by atoms with E-state index in [2.05, 4.69) is 85.1 Å². The van der Waals surface area contributed by atoms with Gasteiger partial charge in [-0.1, -0.05) is 77.9 Å². The van der Waals surface area contributed by atoms with Crippen molar-refractivity contribution in [3.05, 3.63) is 113 Å². The molecule has 0 unspecified atom stereocenters. The maximum absolute atomic E-state index is 13.1. The number of aromatic nitrogens is 1. The second-order valence-corrected chi connectivity index (χ2v) is 8.53. The highest BCUT2D eigenvalue weighted by Crippen LogP contribution is 2.26. The molecule has 0 atom stereocenters. The van der Waals surface area contributed by atoms with Crippen LogP contribution in [0, 0.1) is 13.8 Å². The molecular weight excluding hydrogens is 481 g/mol. The number of ether oxygens (including phenoxy) is 1. The first-order valence-corrected chi connectivity index (χ1v) is 11.9. The van der Waals surface area contributed by atoms with Gasteiger partial charge in [0.1, 0.15) is 0 Å². The Balaban J connectivity index is 0.000000695. The van der Waals surface area contributed by atoms with Gasteiger partial charge < -0.3 is 22.0 Å². The Labute approximate surface area is 214 Å². The molecule has 0 amide bonds. The van der Waals surface area contributed by atoms with Crippen molar-refractivity contribution in [3.63, 3.8) is 0 Å². The Morgan fingerprint density at radius 3 is 1.84 bits per heavy atom. The third-order valence-corrected chi connectivity index (χ3v) is 5.57. The summed E-state index contributed by atoms with van der Waals surface area (Å²) >= 11 is 0. The average Bonchev–Trinajstić information content (AvgIpc) is 2.85. The summed E-state index contributed by atoms with van der Waals surface area (Å²) in [6.07, 6.45) is 0. The molecule has 0 N–H and O–H groups in total. The first-order chi connectivity index (χ1) is 17.5. The molecule has 0 aliphatic carbocycles.